The summed E-state index contributed by atoms with van der Waals surface area (Å²) >= 11 is 0. The molecule has 0 saturated heterocycles. The summed E-state index contributed by atoms with van der Waals surface area (Å²) in [6.07, 6.45) is 4.89. The zero-order valence-electron chi connectivity index (χ0n) is 16.0. The lowest BCUT2D eigenvalue weighted by Crippen LogP contribution is -2.24. The molecule has 0 aromatic heterocycles. The number of carbonyl (C=O) groups excluding carboxylic acids is 1. The number of hydrogen-bond acceptors (Lipinski definition) is 5. The third-order valence-electron chi connectivity index (χ3n) is 3.94. The van der Waals surface area contributed by atoms with Crippen molar-refractivity contribution >= 4 is 12.1 Å². The molecular formula is C21H26N2O4. The molecule has 27 heavy (non-hydrogen) atoms. The van der Waals surface area contributed by atoms with Crippen LogP contribution in [0.15, 0.2) is 47.6 Å². The third-order valence-corrected chi connectivity index (χ3v) is 3.94. The van der Waals surface area contributed by atoms with E-state index in [0.29, 0.717) is 22.8 Å². The minimum Gasteiger partial charge on any atom is -0.497 e. The summed E-state index contributed by atoms with van der Waals surface area (Å²) in [6, 6.07) is 13.1. The van der Waals surface area contributed by atoms with Gasteiger partial charge in [0.15, 0.2) is 6.61 Å². The van der Waals surface area contributed by atoms with Gasteiger partial charge in [-0.05, 0) is 48.7 Å². The number of nitrogens with zero attached hydrogens (tertiary/aromatic N) is 1. The minimum atomic E-state index is -0.344. The molecule has 0 aliphatic carbocycles. The number of hydrogen-bond donors (Lipinski definition) is 1. The zero-order valence-corrected chi connectivity index (χ0v) is 16.0. The van der Waals surface area contributed by atoms with E-state index in [9.17, 15) is 4.79 Å². The van der Waals surface area contributed by atoms with E-state index in [2.05, 4.69) is 17.5 Å². The number of ether oxygens (including phenoxy) is 3. The maximum absolute atomic E-state index is 11.9. The molecule has 2 aromatic rings. The topological polar surface area (TPSA) is 69.2 Å². The zero-order chi connectivity index (χ0) is 19.5. The maximum atomic E-state index is 11.9. The molecule has 0 fully saturated rings. The highest BCUT2D eigenvalue weighted by atomic mass is 16.5. The molecule has 6 heteroatoms. The van der Waals surface area contributed by atoms with Crippen molar-refractivity contribution in [3.8, 4) is 17.2 Å². The SMILES string of the molecule is CCCCc1ccc(OCC(=O)N/N=C/c2cc(OC)ccc2OC)cc1. The highest BCUT2D eigenvalue weighted by molar-refractivity contribution is 5.86. The lowest BCUT2D eigenvalue weighted by molar-refractivity contribution is -0.123. The van der Waals surface area contributed by atoms with Gasteiger partial charge in [-0.3, -0.25) is 4.79 Å². The highest BCUT2D eigenvalue weighted by Crippen LogP contribution is 2.22. The van der Waals surface area contributed by atoms with Gasteiger partial charge in [-0.15, -0.1) is 0 Å². The number of rotatable bonds is 10. The van der Waals surface area contributed by atoms with Crippen molar-refractivity contribution in [2.75, 3.05) is 20.8 Å². The van der Waals surface area contributed by atoms with Crippen LogP contribution in [-0.4, -0.2) is 32.9 Å². The van der Waals surface area contributed by atoms with Crippen molar-refractivity contribution < 1.29 is 19.0 Å². The van der Waals surface area contributed by atoms with Crippen LogP contribution >= 0.6 is 0 Å². The summed E-state index contributed by atoms with van der Waals surface area (Å²) in [5.41, 5.74) is 4.40. The second-order valence-electron chi connectivity index (χ2n) is 5.94. The fourth-order valence-corrected chi connectivity index (χ4v) is 2.43. The first-order valence-corrected chi connectivity index (χ1v) is 8.92. The van der Waals surface area contributed by atoms with E-state index in [1.165, 1.54) is 24.6 Å². The largest absolute Gasteiger partial charge is 0.497 e. The van der Waals surface area contributed by atoms with Crippen molar-refractivity contribution in [2.24, 2.45) is 5.10 Å². The number of methoxy groups -OCH3 is 2. The van der Waals surface area contributed by atoms with Crippen LogP contribution in [0.2, 0.25) is 0 Å². The van der Waals surface area contributed by atoms with Crippen LogP contribution in [0.3, 0.4) is 0 Å². The van der Waals surface area contributed by atoms with Gasteiger partial charge in [0.05, 0.1) is 20.4 Å². The molecule has 0 aliphatic heterocycles. The summed E-state index contributed by atoms with van der Waals surface area (Å²) in [5, 5.41) is 3.95. The van der Waals surface area contributed by atoms with E-state index in [0.717, 1.165) is 6.42 Å². The number of nitrogens with one attached hydrogen (secondary N) is 1. The number of aryl methyl sites for hydroxylation is 1. The standard InChI is InChI=1S/C21H26N2O4/c1-4-5-6-16-7-9-18(10-8-16)27-15-21(24)23-22-14-17-13-19(25-2)11-12-20(17)26-3/h7-14H,4-6,15H2,1-3H3,(H,23,24)/b22-14+. The molecule has 1 amide bonds. The summed E-state index contributed by atoms with van der Waals surface area (Å²) in [6.45, 7) is 2.06. The summed E-state index contributed by atoms with van der Waals surface area (Å²) < 4.78 is 15.9. The van der Waals surface area contributed by atoms with Gasteiger partial charge in [-0.25, -0.2) is 5.43 Å². The Morgan fingerprint density at radius 1 is 1.07 bits per heavy atom. The Labute approximate surface area is 160 Å². The van der Waals surface area contributed by atoms with Crippen molar-refractivity contribution in [3.05, 3.63) is 53.6 Å². The molecule has 2 rings (SSSR count). The Morgan fingerprint density at radius 2 is 1.81 bits per heavy atom. The van der Waals surface area contributed by atoms with Crippen LogP contribution in [0.25, 0.3) is 0 Å². The fraction of sp³-hybridized carbons (Fsp3) is 0.333. The van der Waals surface area contributed by atoms with Crippen molar-refractivity contribution in [3.63, 3.8) is 0 Å². The van der Waals surface area contributed by atoms with E-state index in [-0.39, 0.29) is 12.5 Å². The molecule has 0 unspecified atom stereocenters. The van der Waals surface area contributed by atoms with Gasteiger partial charge in [0.2, 0.25) is 0 Å². The molecule has 1 N–H and O–H groups in total. The molecule has 0 bridgehead atoms. The molecule has 0 saturated carbocycles. The molecule has 6 nitrogen and oxygen atoms in total. The Kier molecular flexibility index (Phi) is 8.16. The van der Waals surface area contributed by atoms with Crippen LogP contribution in [-0.2, 0) is 11.2 Å². The fourth-order valence-electron chi connectivity index (χ4n) is 2.43. The third kappa shape index (κ3) is 6.66. The monoisotopic (exact) mass is 370 g/mol. The van der Waals surface area contributed by atoms with Gasteiger partial charge >= 0.3 is 0 Å². The number of amides is 1. The van der Waals surface area contributed by atoms with E-state index in [1.807, 2.05) is 24.3 Å². The predicted molar refractivity (Wildman–Crippen MR) is 106 cm³/mol. The van der Waals surface area contributed by atoms with E-state index in [4.69, 9.17) is 14.2 Å². The number of unbranched alkanes of at least 4 members (excludes halogenated alkanes) is 1. The van der Waals surface area contributed by atoms with Gasteiger partial charge in [0.25, 0.3) is 5.91 Å². The van der Waals surface area contributed by atoms with E-state index in [1.54, 1.807) is 32.4 Å². The van der Waals surface area contributed by atoms with Crippen LogP contribution in [0.4, 0.5) is 0 Å². The molecule has 2 aromatic carbocycles. The molecule has 0 radical (unpaired) electrons. The van der Waals surface area contributed by atoms with Crippen molar-refractivity contribution in [1.82, 2.24) is 5.43 Å². The molecule has 0 spiro atoms. The number of benzene rings is 2. The molecular weight excluding hydrogens is 344 g/mol. The van der Waals surface area contributed by atoms with Crippen LogP contribution in [0, 0.1) is 0 Å². The van der Waals surface area contributed by atoms with Gasteiger partial charge in [-0.2, -0.15) is 5.10 Å². The Morgan fingerprint density at radius 3 is 2.48 bits per heavy atom. The summed E-state index contributed by atoms with van der Waals surface area (Å²) in [4.78, 5) is 11.9. The first kappa shape index (κ1) is 20.3. The van der Waals surface area contributed by atoms with E-state index >= 15 is 0 Å². The van der Waals surface area contributed by atoms with Gasteiger partial charge in [0.1, 0.15) is 17.2 Å². The highest BCUT2D eigenvalue weighted by Gasteiger charge is 2.04. The minimum absolute atomic E-state index is 0.110. The number of hydrazone groups is 1. The first-order chi connectivity index (χ1) is 13.2. The predicted octanol–water partition coefficient (Wildman–Crippen LogP) is 3.58. The molecule has 0 atom stereocenters. The lowest BCUT2D eigenvalue weighted by Gasteiger charge is -2.07. The van der Waals surface area contributed by atoms with Gasteiger partial charge < -0.3 is 14.2 Å². The smallest absolute Gasteiger partial charge is 0.277 e. The number of carbonyl (C=O) groups is 1. The second-order valence-corrected chi connectivity index (χ2v) is 5.94. The summed E-state index contributed by atoms with van der Waals surface area (Å²) in [7, 11) is 3.15. The van der Waals surface area contributed by atoms with Crippen LogP contribution in [0.1, 0.15) is 30.9 Å². The average Bonchev–Trinajstić information content (AvgIpc) is 2.71. The van der Waals surface area contributed by atoms with Gasteiger partial charge in [-0.1, -0.05) is 25.5 Å². The van der Waals surface area contributed by atoms with E-state index < -0.39 is 0 Å². The Bertz CT molecular complexity index is 757. The molecule has 0 aliphatic rings. The molecule has 144 valence electrons. The van der Waals surface area contributed by atoms with Crippen LogP contribution in [0.5, 0.6) is 17.2 Å². The van der Waals surface area contributed by atoms with Crippen molar-refractivity contribution in [1.29, 1.82) is 0 Å². The first-order valence-electron chi connectivity index (χ1n) is 8.92. The Balaban J connectivity index is 1.83. The normalized spacial score (nSPS) is 10.6. The van der Waals surface area contributed by atoms with Crippen LogP contribution < -0.4 is 19.6 Å². The summed E-state index contributed by atoms with van der Waals surface area (Å²) in [5.74, 6) is 1.62. The quantitative estimate of drug-likeness (QED) is 0.513. The lowest BCUT2D eigenvalue weighted by atomic mass is 10.1. The average molecular weight is 370 g/mol. The molecule has 0 heterocycles. The van der Waals surface area contributed by atoms with Crippen molar-refractivity contribution in [2.45, 2.75) is 26.2 Å². The second kappa shape index (κ2) is 10.9. The Hall–Kier alpha value is -3.02. The maximum Gasteiger partial charge on any atom is 0.277 e. The van der Waals surface area contributed by atoms with Gasteiger partial charge in [0, 0.05) is 5.56 Å².